The molecule has 0 aliphatic carbocycles. The third-order valence-corrected chi connectivity index (χ3v) is 7.59. The Labute approximate surface area is 245 Å². The van der Waals surface area contributed by atoms with Crippen LogP contribution in [-0.4, -0.2) is 54.2 Å². The van der Waals surface area contributed by atoms with E-state index >= 15 is 0 Å². The summed E-state index contributed by atoms with van der Waals surface area (Å²) in [4.78, 5) is 23.9. The van der Waals surface area contributed by atoms with Crippen LogP contribution in [0.1, 0.15) is 30.4 Å². The van der Waals surface area contributed by atoms with Gasteiger partial charge in [-0.25, -0.2) is 14.8 Å². The molecule has 0 unspecified atom stereocenters. The number of benzene rings is 3. The summed E-state index contributed by atoms with van der Waals surface area (Å²) in [6.45, 7) is 7.75. The van der Waals surface area contributed by atoms with Crippen LogP contribution in [0.15, 0.2) is 54.9 Å². The Balaban J connectivity index is 1.26. The maximum atomic E-state index is 12.5. The summed E-state index contributed by atoms with van der Waals surface area (Å²) in [5.74, 6) is 1.86. The van der Waals surface area contributed by atoms with Gasteiger partial charge in [-0.05, 0) is 87.3 Å². The molecule has 0 spiro atoms. The highest BCUT2D eigenvalue weighted by Crippen LogP contribution is 2.35. The number of nitrogens with one attached hydrogen (secondary N) is 3. The van der Waals surface area contributed by atoms with Crippen molar-refractivity contribution in [3.63, 3.8) is 0 Å². The highest BCUT2D eigenvalue weighted by atomic mass is 35.5. The molecule has 0 saturated carbocycles. The van der Waals surface area contributed by atoms with Crippen molar-refractivity contribution in [1.29, 1.82) is 0 Å². The van der Waals surface area contributed by atoms with E-state index in [1.54, 1.807) is 19.2 Å². The summed E-state index contributed by atoms with van der Waals surface area (Å²) in [5.41, 5.74) is 4.89. The molecule has 4 aromatic rings. The first kappa shape index (κ1) is 28.4. The minimum absolute atomic E-state index is 0.376. The van der Waals surface area contributed by atoms with Crippen LogP contribution in [0.3, 0.4) is 0 Å². The van der Waals surface area contributed by atoms with Gasteiger partial charge in [0.15, 0.2) is 11.5 Å². The molecule has 1 fully saturated rings. The lowest BCUT2D eigenvalue weighted by Crippen LogP contribution is -2.33. The zero-order chi connectivity index (χ0) is 28.8. The number of anilines is 4. The van der Waals surface area contributed by atoms with E-state index in [-0.39, 0.29) is 6.03 Å². The van der Waals surface area contributed by atoms with E-state index < -0.39 is 0 Å². The average Bonchev–Trinajstić information content (AvgIpc) is 2.97. The molecule has 9 nitrogen and oxygen atoms in total. The number of amides is 2. The molecule has 2 amide bonds. The minimum atomic E-state index is -0.376. The third kappa shape index (κ3) is 7.17. The van der Waals surface area contributed by atoms with Crippen molar-refractivity contribution >= 4 is 51.4 Å². The van der Waals surface area contributed by atoms with Crippen LogP contribution in [-0.2, 0) is 0 Å². The Morgan fingerprint density at radius 2 is 1.73 bits per heavy atom. The summed E-state index contributed by atoms with van der Waals surface area (Å²) in [6, 6.07) is 14.4. The van der Waals surface area contributed by atoms with Gasteiger partial charge < -0.3 is 25.4 Å². The van der Waals surface area contributed by atoms with Crippen LogP contribution >= 0.6 is 11.6 Å². The van der Waals surface area contributed by atoms with Crippen molar-refractivity contribution in [3.05, 3.63) is 71.0 Å². The van der Waals surface area contributed by atoms with E-state index in [9.17, 15) is 4.79 Å². The maximum Gasteiger partial charge on any atom is 0.323 e. The predicted molar refractivity (Wildman–Crippen MR) is 165 cm³/mol. The monoisotopic (exact) mass is 574 g/mol. The first-order valence-electron chi connectivity index (χ1n) is 13.8. The molecule has 0 atom stereocenters. The lowest BCUT2D eigenvalue weighted by atomic mass is 10.1. The Hall–Kier alpha value is -4.08. The van der Waals surface area contributed by atoms with Crippen molar-refractivity contribution < 1.29 is 14.3 Å². The van der Waals surface area contributed by atoms with Gasteiger partial charge in [-0.15, -0.1) is 0 Å². The van der Waals surface area contributed by atoms with Gasteiger partial charge in [0.2, 0.25) is 0 Å². The molecule has 3 aromatic carbocycles. The first-order valence-corrected chi connectivity index (χ1v) is 14.2. The highest BCUT2D eigenvalue weighted by molar-refractivity contribution is 6.34. The van der Waals surface area contributed by atoms with Gasteiger partial charge in [0.05, 0.1) is 23.3 Å². The number of fused-ring (bicyclic) bond motifs is 1. The SMILES string of the molecule is COc1cc2c(Nc3ccc(NC(=O)Nc4ccc(C)c(C)c4)c(Cl)c3)ncnc2cc1OCCN1CCCCC1. The van der Waals surface area contributed by atoms with Gasteiger partial charge >= 0.3 is 6.03 Å². The number of ether oxygens (including phenoxy) is 2. The number of hydrogen-bond acceptors (Lipinski definition) is 7. The maximum absolute atomic E-state index is 12.5. The molecule has 0 bridgehead atoms. The summed E-state index contributed by atoms with van der Waals surface area (Å²) < 4.78 is 11.7. The molecular weight excluding hydrogens is 540 g/mol. The number of likely N-dealkylation sites (tertiary alicyclic amines) is 1. The summed E-state index contributed by atoms with van der Waals surface area (Å²) >= 11 is 6.52. The molecule has 5 rings (SSSR count). The van der Waals surface area contributed by atoms with E-state index in [1.165, 1.54) is 25.6 Å². The molecule has 10 heteroatoms. The number of aromatic nitrogens is 2. The van der Waals surface area contributed by atoms with Crippen molar-refractivity contribution in [2.24, 2.45) is 0 Å². The fraction of sp³-hybridized carbons (Fsp3) is 0.323. The molecule has 1 aromatic heterocycles. The third-order valence-electron chi connectivity index (χ3n) is 7.28. The van der Waals surface area contributed by atoms with Crippen LogP contribution in [0.2, 0.25) is 5.02 Å². The van der Waals surface area contributed by atoms with Crippen LogP contribution in [0.5, 0.6) is 11.5 Å². The van der Waals surface area contributed by atoms with E-state index in [0.29, 0.717) is 46.0 Å². The molecule has 1 aliphatic rings. The number of piperidine rings is 1. The van der Waals surface area contributed by atoms with Crippen molar-refractivity contribution in [2.45, 2.75) is 33.1 Å². The van der Waals surface area contributed by atoms with Gasteiger partial charge in [0.1, 0.15) is 18.8 Å². The number of rotatable bonds is 9. The Morgan fingerprint density at radius 1 is 0.927 bits per heavy atom. The lowest BCUT2D eigenvalue weighted by Gasteiger charge is -2.26. The number of aryl methyl sites for hydroxylation is 2. The Kier molecular flexibility index (Phi) is 9.06. The Bertz CT molecular complexity index is 1540. The van der Waals surface area contributed by atoms with E-state index in [4.69, 9.17) is 21.1 Å². The summed E-state index contributed by atoms with van der Waals surface area (Å²) in [6.07, 6.45) is 5.31. The second kappa shape index (κ2) is 13.1. The number of nitrogens with zero attached hydrogens (tertiary/aromatic N) is 3. The smallest absolute Gasteiger partial charge is 0.323 e. The molecule has 41 heavy (non-hydrogen) atoms. The lowest BCUT2D eigenvalue weighted by molar-refractivity contribution is 0.181. The average molecular weight is 575 g/mol. The molecule has 1 aliphatic heterocycles. The molecule has 214 valence electrons. The van der Waals surface area contributed by atoms with Gasteiger partial charge in [-0.1, -0.05) is 24.1 Å². The van der Waals surface area contributed by atoms with Crippen molar-refractivity contribution in [3.8, 4) is 11.5 Å². The fourth-order valence-corrected chi connectivity index (χ4v) is 5.07. The second-order valence-electron chi connectivity index (χ2n) is 10.2. The van der Waals surface area contributed by atoms with E-state index in [2.05, 4.69) is 30.8 Å². The van der Waals surface area contributed by atoms with Crippen LogP contribution in [0.4, 0.5) is 27.7 Å². The van der Waals surface area contributed by atoms with Gasteiger partial charge in [0.25, 0.3) is 0 Å². The van der Waals surface area contributed by atoms with Crippen LogP contribution < -0.4 is 25.4 Å². The molecule has 2 heterocycles. The number of urea groups is 1. The Morgan fingerprint density at radius 3 is 2.49 bits per heavy atom. The number of carbonyl (C=O) groups excluding carboxylic acids is 1. The number of hydrogen-bond donors (Lipinski definition) is 3. The molecule has 0 radical (unpaired) electrons. The fourth-order valence-electron chi connectivity index (χ4n) is 4.84. The standard InChI is InChI=1S/C31H35ClN6O3/c1-20-7-8-22(15-21(20)2)36-31(39)37-26-10-9-23(16-25(26)32)35-30-24-17-28(40-3)29(18-27(24)33-19-34-30)41-14-13-38-11-5-4-6-12-38/h7-10,15-19H,4-6,11-14H2,1-3H3,(H,33,34,35)(H2,36,37,39). The number of halogens is 1. The number of methoxy groups -OCH3 is 1. The quantitative estimate of drug-likeness (QED) is 0.195. The van der Waals surface area contributed by atoms with E-state index in [0.717, 1.165) is 41.7 Å². The first-order chi connectivity index (χ1) is 19.9. The van der Waals surface area contributed by atoms with Gasteiger partial charge in [-0.2, -0.15) is 0 Å². The topological polar surface area (TPSA) is 101 Å². The van der Waals surface area contributed by atoms with Crippen LogP contribution in [0.25, 0.3) is 10.9 Å². The summed E-state index contributed by atoms with van der Waals surface area (Å²) in [5, 5.41) is 10.1. The molecular formula is C31H35ClN6O3. The van der Waals surface area contributed by atoms with Gasteiger partial charge in [-0.3, -0.25) is 4.90 Å². The predicted octanol–water partition coefficient (Wildman–Crippen LogP) is 7.16. The highest BCUT2D eigenvalue weighted by Gasteiger charge is 2.15. The normalized spacial score (nSPS) is 13.6. The van der Waals surface area contributed by atoms with Crippen molar-refractivity contribution in [1.82, 2.24) is 14.9 Å². The van der Waals surface area contributed by atoms with Crippen molar-refractivity contribution in [2.75, 3.05) is 49.3 Å². The van der Waals surface area contributed by atoms with Crippen LogP contribution in [0, 0.1) is 13.8 Å². The summed E-state index contributed by atoms with van der Waals surface area (Å²) in [7, 11) is 1.62. The zero-order valence-corrected chi connectivity index (χ0v) is 24.3. The minimum Gasteiger partial charge on any atom is -0.493 e. The van der Waals surface area contributed by atoms with E-state index in [1.807, 2.05) is 50.2 Å². The largest absolute Gasteiger partial charge is 0.493 e. The molecule has 1 saturated heterocycles. The second-order valence-corrected chi connectivity index (χ2v) is 10.6. The number of carbonyl (C=O) groups is 1. The zero-order valence-electron chi connectivity index (χ0n) is 23.6. The van der Waals surface area contributed by atoms with Gasteiger partial charge in [0, 0.05) is 29.4 Å². The molecule has 3 N–H and O–H groups in total.